The number of fused-ring (bicyclic) bond motifs is 1. The Morgan fingerprint density at radius 2 is 1.83 bits per heavy atom. The third kappa shape index (κ3) is 6.35. The van der Waals surface area contributed by atoms with Gasteiger partial charge in [0.1, 0.15) is 5.60 Å². The van der Waals surface area contributed by atoms with E-state index in [1.807, 2.05) is 58.9 Å². The molecular formula is C34H39ClN2O4S. The van der Waals surface area contributed by atoms with Crippen LogP contribution in [0.4, 0.5) is 5.13 Å². The zero-order valence-electron chi connectivity index (χ0n) is 25.4. The minimum absolute atomic E-state index is 0.266. The van der Waals surface area contributed by atoms with Crippen molar-refractivity contribution in [3.05, 3.63) is 81.9 Å². The molecule has 0 spiro atoms. The summed E-state index contributed by atoms with van der Waals surface area (Å²) in [5.41, 5.74) is 5.77. The van der Waals surface area contributed by atoms with Gasteiger partial charge in [-0.05, 0) is 83.4 Å². The van der Waals surface area contributed by atoms with Crippen LogP contribution in [-0.2, 0) is 24.6 Å². The molecule has 42 heavy (non-hydrogen) atoms. The first-order chi connectivity index (χ1) is 19.9. The minimum Gasteiger partial charge on any atom is -0.464 e. The van der Waals surface area contributed by atoms with E-state index >= 15 is 0 Å². The van der Waals surface area contributed by atoms with Crippen LogP contribution >= 0.6 is 22.9 Å². The molecule has 6 nitrogen and oxygen atoms in total. The predicted molar refractivity (Wildman–Crippen MR) is 172 cm³/mol. The van der Waals surface area contributed by atoms with Crippen LogP contribution < -0.4 is 4.90 Å². The van der Waals surface area contributed by atoms with Gasteiger partial charge >= 0.3 is 5.97 Å². The van der Waals surface area contributed by atoms with Crippen molar-refractivity contribution < 1.29 is 19.0 Å². The van der Waals surface area contributed by atoms with Crippen molar-refractivity contribution in [2.75, 3.05) is 31.2 Å². The molecule has 0 N–H and O–H groups in total. The molecule has 1 saturated heterocycles. The number of esters is 1. The largest absolute Gasteiger partial charge is 0.464 e. The van der Waals surface area contributed by atoms with Crippen LogP contribution in [0.25, 0.3) is 21.3 Å². The summed E-state index contributed by atoms with van der Waals surface area (Å²) >= 11 is 7.92. The molecular weight excluding hydrogens is 568 g/mol. The van der Waals surface area contributed by atoms with Gasteiger partial charge in [-0.25, -0.2) is 9.78 Å². The lowest BCUT2D eigenvalue weighted by molar-refractivity contribution is -0.166. The van der Waals surface area contributed by atoms with E-state index in [9.17, 15) is 4.79 Å². The van der Waals surface area contributed by atoms with Gasteiger partial charge in [0, 0.05) is 22.7 Å². The molecule has 0 bridgehead atoms. The maximum atomic E-state index is 13.4. The number of carbonyl (C=O) groups is 1. The van der Waals surface area contributed by atoms with Crippen molar-refractivity contribution in [3.63, 3.8) is 0 Å². The van der Waals surface area contributed by atoms with Crippen LogP contribution in [0, 0.1) is 13.8 Å². The van der Waals surface area contributed by atoms with E-state index in [0.29, 0.717) is 18.2 Å². The van der Waals surface area contributed by atoms with Crippen LogP contribution in [0.5, 0.6) is 0 Å². The molecule has 222 valence electrons. The summed E-state index contributed by atoms with van der Waals surface area (Å²) in [6.07, 6.45) is -0.904. The number of rotatable bonds is 7. The van der Waals surface area contributed by atoms with E-state index in [2.05, 4.69) is 49.1 Å². The van der Waals surface area contributed by atoms with Gasteiger partial charge in [0.15, 0.2) is 11.2 Å². The van der Waals surface area contributed by atoms with Gasteiger partial charge in [0.05, 0.1) is 35.6 Å². The summed E-state index contributed by atoms with van der Waals surface area (Å²) in [6.45, 7) is 16.2. The highest BCUT2D eigenvalue weighted by molar-refractivity contribution is 7.22. The molecule has 8 heteroatoms. The van der Waals surface area contributed by atoms with Crippen molar-refractivity contribution in [3.8, 4) is 11.1 Å². The highest BCUT2D eigenvalue weighted by atomic mass is 35.5. The molecule has 0 amide bonds. The number of morpholine rings is 1. The van der Waals surface area contributed by atoms with E-state index in [1.54, 1.807) is 11.3 Å². The zero-order valence-corrected chi connectivity index (χ0v) is 27.0. The predicted octanol–water partition coefficient (Wildman–Crippen LogP) is 8.40. The molecule has 1 aromatic heterocycles. The van der Waals surface area contributed by atoms with Gasteiger partial charge < -0.3 is 19.1 Å². The molecule has 1 unspecified atom stereocenters. The number of nitrogens with zero attached hydrogens (tertiary/aromatic N) is 2. The van der Waals surface area contributed by atoms with E-state index in [4.69, 9.17) is 30.8 Å². The monoisotopic (exact) mass is 606 g/mol. The number of anilines is 1. The number of ether oxygens (including phenoxy) is 3. The van der Waals surface area contributed by atoms with Crippen molar-refractivity contribution in [2.45, 2.75) is 65.8 Å². The minimum atomic E-state index is -0.904. The Morgan fingerprint density at radius 3 is 2.48 bits per heavy atom. The number of halogens is 1. The fourth-order valence-corrected chi connectivity index (χ4v) is 6.76. The normalized spacial score (nSPS) is 18.3. The number of benzene rings is 3. The molecule has 1 aliphatic rings. The fraction of sp³-hybridized carbons (Fsp3) is 0.412. The number of thiazole rings is 1. The Kier molecular flexibility index (Phi) is 8.68. The lowest BCUT2D eigenvalue weighted by Gasteiger charge is -2.40. The van der Waals surface area contributed by atoms with E-state index in [0.717, 1.165) is 49.7 Å². The Labute approximate surface area is 257 Å². The van der Waals surface area contributed by atoms with Crippen molar-refractivity contribution in [1.82, 2.24) is 4.98 Å². The second-order valence-electron chi connectivity index (χ2n) is 12.1. The molecule has 1 fully saturated rings. The Morgan fingerprint density at radius 1 is 1.14 bits per heavy atom. The number of carbonyl (C=O) groups excluding carboxylic acids is 1. The second kappa shape index (κ2) is 12.0. The maximum absolute atomic E-state index is 13.4. The van der Waals surface area contributed by atoms with Crippen molar-refractivity contribution in [1.29, 1.82) is 0 Å². The second-order valence-corrected chi connectivity index (χ2v) is 13.5. The molecule has 4 aromatic rings. The highest BCUT2D eigenvalue weighted by Crippen LogP contribution is 2.45. The average molecular weight is 607 g/mol. The summed E-state index contributed by atoms with van der Waals surface area (Å²) < 4.78 is 19.3. The molecule has 2 heterocycles. The Hall–Kier alpha value is -2.97. The molecule has 5 rings (SSSR count). The zero-order chi connectivity index (χ0) is 30.2. The average Bonchev–Trinajstić information content (AvgIpc) is 3.35. The van der Waals surface area contributed by atoms with E-state index in [1.165, 1.54) is 5.56 Å². The van der Waals surface area contributed by atoms with Gasteiger partial charge in [-0.1, -0.05) is 64.9 Å². The van der Waals surface area contributed by atoms with Crippen LogP contribution in [0.3, 0.4) is 0 Å². The summed E-state index contributed by atoms with van der Waals surface area (Å²) in [7, 11) is 0. The first-order valence-electron chi connectivity index (χ1n) is 14.4. The number of hydrogen-bond acceptors (Lipinski definition) is 7. The lowest BCUT2D eigenvalue weighted by atomic mass is 9.91. The van der Waals surface area contributed by atoms with Crippen LogP contribution in [0.15, 0.2) is 54.6 Å². The summed E-state index contributed by atoms with van der Waals surface area (Å²) in [5.74, 6) is -0.406. The SMILES string of the molecule is CCOC(=O)[C@@H](OC(C)(C)C)c1c(C)cc2nc(N3CCOC(C)(c4ccc(C)cc4)C3)sc2c1-c1ccc(Cl)cc1. The first-order valence-corrected chi connectivity index (χ1v) is 15.6. The number of hydrogen-bond donors (Lipinski definition) is 0. The van der Waals surface area contributed by atoms with Crippen LogP contribution in [-0.4, -0.2) is 42.9 Å². The summed E-state index contributed by atoms with van der Waals surface area (Å²) in [5, 5.41) is 1.56. The topological polar surface area (TPSA) is 60.9 Å². The standard InChI is InChI=1S/C34H39ClN2O4S/c1-8-39-31(38)29(41-33(4,5)6)27-22(3)19-26-30(28(27)23-11-15-25(35)16-12-23)42-32(36-26)37-17-18-40-34(7,20-37)24-13-9-21(2)10-14-24/h9-16,19,29H,8,17-18,20H2,1-7H3/t29-,34?/m0/s1. The van der Waals surface area contributed by atoms with Crippen molar-refractivity contribution >= 4 is 44.3 Å². The Bertz CT molecular complexity index is 1580. The number of aromatic nitrogens is 1. The molecule has 0 saturated carbocycles. The highest BCUT2D eigenvalue weighted by Gasteiger charge is 2.37. The van der Waals surface area contributed by atoms with E-state index < -0.39 is 23.3 Å². The smallest absolute Gasteiger partial charge is 0.339 e. The van der Waals surface area contributed by atoms with Crippen molar-refractivity contribution in [2.24, 2.45) is 0 Å². The van der Waals surface area contributed by atoms with Gasteiger partial charge in [0.25, 0.3) is 0 Å². The van der Waals surface area contributed by atoms with E-state index in [-0.39, 0.29) is 6.61 Å². The fourth-order valence-electron chi connectivity index (χ4n) is 5.49. The quantitative estimate of drug-likeness (QED) is 0.197. The maximum Gasteiger partial charge on any atom is 0.339 e. The molecule has 0 radical (unpaired) electrons. The molecule has 2 atom stereocenters. The van der Waals surface area contributed by atoms with Gasteiger partial charge in [-0.15, -0.1) is 0 Å². The van der Waals surface area contributed by atoms with Crippen LogP contribution in [0.1, 0.15) is 63.0 Å². The first kappa shape index (κ1) is 30.5. The molecule has 0 aliphatic carbocycles. The van der Waals surface area contributed by atoms with Gasteiger partial charge in [0.2, 0.25) is 0 Å². The number of aryl methyl sites for hydroxylation is 2. The summed E-state index contributed by atoms with van der Waals surface area (Å²) in [6, 6.07) is 18.3. The third-order valence-electron chi connectivity index (χ3n) is 7.49. The lowest BCUT2D eigenvalue weighted by Crippen LogP contribution is -2.48. The van der Waals surface area contributed by atoms with Crippen LogP contribution in [0.2, 0.25) is 5.02 Å². The van der Waals surface area contributed by atoms with Gasteiger partial charge in [-0.3, -0.25) is 0 Å². The Balaban J connectivity index is 1.66. The molecule has 1 aliphatic heterocycles. The van der Waals surface area contributed by atoms with Gasteiger partial charge in [-0.2, -0.15) is 0 Å². The molecule has 3 aromatic carbocycles. The third-order valence-corrected chi connectivity index (χ3v) is 8.89. The summed E-state index contributed by atoms with van der Waals surface area (Å²) in [4.78, 5) is 20.9.